The van der Waals surface area contributed by atoms with Crippen LogP contribution in [-0.4, -0.2) is 29.7 Å². The van der Waals surface area contributed by atoms with Crippen molar-refractivity contribution in [3.05, 3.63) is 48.7 Å². The summed E-state index contributed by atoms with van der Waals surface area (Å²) in [6.45, 7) is 2.59. The fourth-order valence-corrected chi connectivity index (χ4v) is 2.62. The predicted octanol–water partition coefficient (Wildman–Crippen LogP) is 2.91. The van der Waals surface area contributed by atoms with E-state index >= 15 is 0 Å². The maximum Gasteiger partial charge on any atom is 0.131 e. The van der Waals surface area contributed by atoms with Gasteiger partial charge in [0.25, 0.3) is 0 Å². The van der Waals surface area contributed by atoms with Crippen LogP contribution >= 0.6 is 0 Å². The predicted molar refractivity (Wildman–Crippen MR) is 78.9 cm³/mol. The highest BCUT2D eigenvalue weighted by atomic mass is 19.1. The molecular weight excluding hydrogens is 269 g/mol. The number of nitrogens with zero attached hydrogens (tertiary/aromatic N) is 3. The van der Waals surface area contributed by atoms with Gasteiger partial charge in [-0.15, -0.1) is 0 Å². The van der Waals surface area contributed by atoms with Gasteiger partial charge in [0.05, 0.1) is 6.61 Å². The molecule has 0 radical (unpaired) electrons. The van der Waals surface area contributed by atoms with Crippen LogP contribution in [0.2, 0.25) is 0 Å². The van der Waals surface area contributed by atoms with Crippen molar-refractivity contribution in [1.29, 1.82) is 0 Å². The Morgan fingerprint density at radius 2 is 2.10 bits per heavy atom. The van der Waals surface area contributed by atoms with Gasteiger partial charge >= 0.3 is 0 Å². The lowest BCUT2D eigenvalue weighted by molar-refractivity contribution is 0.228. The van der Waals surface area contributed by atoms with E-state index in [-0.39, 0.29) is 5.82 Å². The van der Waals surface area contributed by atoms with E-state index < -0.39 is 0 Å². The molecule has 0 amide bonds. The second-order valence-electron chi connectivity index (χ2n) is 5.29. The molecule has 1 fully saturated rings. The van der Waals surface area contributed by atoms with Crippen LogP contribution in [0.4, 0.5) is 10.2 Å². The normalized spacial score (nSPS) is 18.5. The number of piperidine rings is 1. The number of halogens is 1. The van der Waals surface area contributed by atoms with Crippen LogP contribution in [0.5, 0.6) is 5.75 Å². The van der Waals surface area contributed by atoms with Crippen LogP contribution in [0, 0.1) is 11.7 Å². The molecule has 1 aliphatic heterocycles. The average Bonchev–Trinajstić information content (AvgIpc) is 2.55. The summed E-state index contributed by atoms with van der Waals surface area (Å²) >= 11 is 0. The highest BCUT2D eigenvalue weighted by Crippen LogP contribution is 2.22. The van der Waals surface area contributed by atoms with Crippen molar-refractivity contribution >= 4 is 5.82 Å². The summed E-state index contributed by atoms with van der Waals surface area (Å²) in [5.41, 5.74) is 0. The van der Waals surface area contributed by atoms with Crippen LogP contribution in [-0.2, 0) is 0 Å². The van der Waals surface area contributed by atoms with E-state index in [1.807, 2.05) is 6.07 Å². The Hall–Kier alpha value is -2.17. The molecule has 4 nitrogen and oxygen atoms in total. The summed E-state index contributed by atoms with van der Waals surface area (Å²) < 4.78 is 18.6. The van der Waals surface area contributed by atoms with E-state index in [2.05, 4.69) is 14.9 Å². The molecule has 1 aromatic carbocycles. The summed E-state index contributed by atoms with van der Waals surface area (Å²) in [4.78, 5) is 10.5. The number of benzene rings is 1. The third kappa shape index (κ3) is 3.68. The number of rotatable bonds is 4. The molecule has 5 heteroatoms. The lowest BCUT2D eigenvalue weighted by atomic mass is 9.99. The van der Waals surface area contributed by atoms with Gasteiger partial charge in [0, 0.05) is 25.2 Å². The van der Waals surface area contributed by atoms with E-state index in [0.717, 1.165) is 37.5 Å². The van der Waals surface area contributed by atoms with Gasteiger partial charge in [0.15, 0.2) is 0 Å². The molecule has 110 valence electrons. The minimum absolute atomic E-state index is 0.241. The Kier molecular flexibility index (Phi) is 4.28. The Balaban J connectivity index is 1.55. The van der Waals surface area contributed by atoms with Crippen molar-refractivity contribution in [2.24, 2.45) is 5.92 Å². The maximum atomic E-state index is 12.8. The van der Waals surface area contributed by atoms with E-state index in [9.17, 15) is 4.39 Å². The molecule has 1 aromatic heterocycles. The first-order valence-corrected chi connectivity index (χ1v) is 7.20. The Bertz CT molecular complexity index is 561. The molecule has 0 aliphatic carbocycles. The quantitative estimate of drug-likeness (QED) is 0.866. The molecule has 1 atom stereocenters. The molecule has 1 aliphatic rings. The van der Waals surface area contributed by atoms with E-state index in [1.54, 1.807) is 24.7 Å². The second-order valence-corrected chi connectivity index (χ2v) is 5.29. The van der Waals surface area contributed by atoms with Crippen molar-refractivity contribution < 1.29 is 9.13 Å². The van der Waals surface area contributed by atoms with Crippen molar-refractivity contribution in [3.63, 3.8) is 0 Å². The molecule has 1 saturated heterocycles. The van der Waals surface area contributed by atoms with Gasteiger partial charge in [-0.3, -0.25) is 0 Å². The summed E-state index contributed by atoms with van der Waals surface area (Å²) in [5, 5.41) is 0. The fraction of sp³-hybridized carbons (Fsp3) is 0.375. The number of aromatic nitrogens is 2. The smallest absolute Gasteiger partial charge is 0.131 e. The van der Waals surface area contributed by atoms with Gasteiger partial charge in [-0.1, -0.05) is 0 Å². The summed E-state index contributed by atoms with van der Waals surface area (Å²) in [5.74, 6) is 1.90. The molecule has 21 heavy (non-hydrogen) atoms. The molecule has 3 rings (SSSR count). The Morgan fingerprint density at radius 3 is 2.86 bits per heavy atom. The number of hydrogen-bond donors (Lipinski definition) is 0. The van der Waals surface area contributed by atoms with Crippen molar-refractivity contribution in [2.45, 2.75) is 12.8 Å². The van der Waals surface area contributed by atoms with Crippen LogP contribution in [0.25, 0.3) is 0 Å². The Morgan fingerprint density at radius 1 is 1.24 bits per heavy atom. The average molecular weight is 287 g/mol. The van der Waals surface area contributed by atoms with E-state index in [1.165, 1.54) is 12.1 Å². The minimum atomic E-state index is -0.241. The third-order valence-corrected chi connectivity index (χ3v) is 3.71. The van der Waals surface area contributed by atoms with Gasteiger partial charge in [-0.05, 0) is 43.2 Å². The van der Waals surface area contributed by atoms with Crippen LogP contribution in [0.1, 0.15) is 12.8 Å². The topological polar surface area (TPSA) is 38.2 Å². The first kappa shape index (κ1) is 13.8. The monoisotopic (exact) mass is 287 g/mol. The van der Waals surface area contributed by atoms with Crippen LogP contribution in [0.15, 0.2) is 42.9 Å². The van der Waals surface area contributed by atoms with Crippen molar-refractivity contribution in [3.8, 4) is 5.75 Å². The Labute approximate surface area is 123 Å². The molecule has 0 saturated carbocycles. The molecule has 1 unspecified atom stereocenters. The van der Waals surface area contributed by atoms with Gasteiger partial charge in [-0.25, -0.2) is 14.4 Å². The number of hydrogen-bond acceptors (Lipinski definition) is 4. The zero-order valence-electron chi connectivity index (χ0n) is 11.8. The molecule has 0 N–H and O–H groups in total. The fourth-order valence-electron chi connectivity index (χ4n) is 2.62. The molecule has 0 spiro atoms. The highest BCUT2D eigenvalue weighted by molar-refractivity contribution is 5.37. The zero-order valence-corrected chi connectivity index (χ0v) is 11.8. The molecule has 0 bridgehead atoms. The largest absolute Gasteiger partial charge is 0.493 e. The number of ether oxygens (including phenoxy) is 1. The molecule has 2 aromatic rings. The third-order valence-electron chi connectivity index (χ3n) is 3.71. The lowest BCUT2D eigenvalue weighted by Crippen LogP contribution is -2.38. The summed E-state index contributed by atoms with van der Waals surface area (Å²) in [6, 6.07) is 8.11. The SMILES string of the molecule is Fc1ccc(OCC2CCCN(c3ccncn3)C2)cc1. The van der Waals surface area contributed by atoms with Crippen molar-refractivity contribution in [1.82, 2.24) is 9.97 Å². The van der Waals surface area contributed by atoms with Crippen LogP contribution in [0.3, 0.4) is 0 Å². The van der Waals surface area contributed by atoms with E-state index in [0.29, 0.717) is 12.5 Å². The van der Waals surface area contributed by atoms with E-state index in [4.69, 9.17) is 4.74 Å². The van der Waals surface area contributed by atoms with Gasteiger partial charge in [0.2, 0.25) is 0 Å². The zero-order chi connectivity index (χ0) is 14.5. The van der Waals surface area contributed by atoms with Gasteiger partial charge < -0.3 is 9.64 Å². The first-order chi connectivity index (χ1) is 10.3. The summed E-state index contributed by atoms with van der Waals surface area (Å²) in [7, 11) is 0. The first-order valence-electron chi connectivity index (χ1n) is 7.20. The van der Waals surface area contributed by atoms with Crippen LogP contribution < -0.4 is 9.64 Å². The van der Waals surface area contributed by atoms with Gasteiger partial charge in [-0.2, -0.15) is 0 Å². The highest BCUT2D eigenvalue weighted by Gasteiger charge is 2.21. The standard InChI is InChI=1S/C16H18FN3O/c17-14-3-5-15(6-4-14)21-11-13-2-1-9-20(10-13)16-7-8-18-12-19-16/h3-8,12-13H,1-2,9-11H2. The van der Waals surface area contributed by atoms with Crippen molar-refractivity contribution in [2.75, 3.05) is 24.6 Å². The maximum absolute atomic E-state index is 12.8. The molecular formula is C16H18FN3O. The minimum Gasteiger partial charge on any atom is -0.493 e. The number of anilines is 1. The summed E-state index contributed by atoms with van der Waals surface area (Å²) in [6.07, 6.45) is 5.61. The second kappa shape index (κ2) is 6.52. The van der Waals surface area contributed by atoms with Gasteiger partial charge in [0.1, 0.15) is 23.7 Å². The lowest BCUT2D eigenvalue weighted by Gasteiger charge is -2.33. The molecule has 2 heterocycles.